The second-order valence-electron chi connectivity index (χ2n) is 6.38. The molecule has 0 saturated heterocycles. The van der Waals surface area contributed by atoms with E-state index in [1.165, 1.54) is 0 Å². The summed E-state index contributed by atoms with van der Waals surface area (Å²) in [5.41, 5.74) is 3.60. The van der Waals surface area contributed by atoms with Crippen LogP contribution in [0.3, 0.4) is 0 Å². The van der Waals surface area contributed by atoms with E-state index < -0.39 is 11.9 Å². The molecule has 1 atom stereocenters. The van der Waals surface area contributed by atoms with Crippen molar-refractivity contribution in [2.45, 2.75) is 18.9 Å². The molecule has 2 heterocycles. The molecule has 0 aliphatic heterocycles. The van der Waals surface area contributed by atoms with Crippen molar-refractivity contribution in [3.63, 3.8) is 0 Å². The quantitative estimate of drug-likeness (QED) is 0.529. The molecule has 0 aliphatic rings. The summed E-state index contributed by atoms with van der Waals surface area (Å²) in [4.78, 5) is 11.6. The number of aliphatic carboxylic acids is 1. The SMILES string of the molecule is Cn1nnc2c(Cl)c(C(CC(=O)O)c3cc(CO)c4sccc4c3)ccc21. The minimum Gasteiger partial charge on any atom is -0.481 e. The van der Waals surface area contributed by atoms with Gasteiger partial charge in [0, 0.05) is 17.7 Å². The predicted octanol–water partition coefficient (Wildman–Crippen LogP) is 3.94. The highest BCUT2D eigenvalue weighted by atomic mass is 35.5. The summed E-state index contributed by atoms with van der Waals surface area (Å²) in [5, 5.41) is 30.7. The van der Waals surface area contributed by atoms with E-state index >= 15 is 0 Å². The summed E-state index contributed by atoms with van der Waals surface area (Å²) < 4.78 is 2.63. The summed E-state index contributed by atoms with van der Waals surface area (Å²) in [5.74, 6) is -1.39. The van der Waals surface area contributed by atoms with Gasteiger partial charge < -0.3 is 10.2 Å². The maximum absolute atomic E-state index is 11.6. The Labute approximate surface area is 163 Å². The van der Waals surface area contributed by atoms with E-state index in [0.29, 0.717) is 16.1 Å². The number of benzene rings is 2. The van der Waals surface area contributed by atoms with E-state index in [4.69, 9.17) is 11.6 Å². The third kappa shape index (κ3) is 3.07. The lowest BCUT2D eigenvalue weighted by Crippen LogP contribution is -2.09. The van der Waals surface area contributed by atoms with Crippen LogP contribution in [-0.4, -0.2) is 31.2 Å². The zero-order valence-corrected chi connectivity index (χ0v) is 16.0. The van der Waals surface area contributed by atoms with Crippen LogP contribution in [0.1, 0.15) is 29.0 Å². The van der Waals surface area contributed by atoms with Crippen LogP contribution < -0.4 is 0 Å². The number of hydrogen-bond donors (Lipinski definition) is 2. The maximum Gasteiger partial charge on any atom is 0.304 e. The molecule has 27 heavy (non-hydrogen) atoms. The van der Waals surface area contributed by atoms with Gasteiger partial charge in [-0.2, -0.15) is 0 Å². The van der Waals surface area contributed by atoms with Crippen LogP contribution in [0.25, 0.3) is 21.1 Å². The fraction of sp³-hybridized carbons (Fsp3) is 0.211. The minimum atomic E-state index is -0.925. The number of aryl methyl sites for hydroxylation is 1. The largest absolute Gasteiger partial charge is 0.481 e. The maximum atomic E-state index is 11.6. The van der Waals surface area contributed by atoms with Gasteiger partial charge in [-0.3, -0.25) is 4.79 Å². The molecule has 0 radical (unpaired) electrons. The van der Waals surface area contributed by atoms with E-state index in [9.17, 15) is 15.0 Å². The van der Waals surface area contributed by atoms with Crippen molar-refractivity contribution >= 4 is 50.0 Å². The monoisotopic (exact) mass is 401 g/mol. The van der Waals surface area contributed by atoms with E-state index in [1.807, 2.05) is 35.7 Å². The highest BCUT2D eigenvalue weighted by Gasteiger charge is 2.24. The van der Waals surface area contributed by atoms with Gasteiger partial charge in [-0.1, -0.05) is 28.9 Å². The van der Waals surface area contributed by atoms with E-state index in [-0.39, 0.29) is 13.0 Å². The lowest BCUT2D eigenvalue weighted by molar-refractivity contribution is -0.137. The van der Waals surface area contributed by atoms with Crippen molar-refractivity contribution in [3.8, 4) is 0 Å². The van der Waals surface area contributed by atoms with Crippen LogP contribution in [0, 0.1) is 0 Å². The summed E-state index contributed by atoms with van der Waals surface area (Å²) >= 11 is 8.15. The first-order valence-corrected chi connectivity index (χ1v) is 9.55. The molecule has 6 nitrogen and oxygen atoms in total. The molecule has 0 spiro atoms. The van der Waals surface area contributed by atoms with Crippen LogP contribution in [0.4, 0.5) is 0 Å². The molecule has 1 unspecified atom stereocenters. The summed E-state index contributed by atoms with van der Waals surface area (Å²) in [6.07, 6.45) is -0.119. The van der Waals surface area contributed by atoms with Crippen molar-refractivity contribution in [1.82, 2.24) is 15.0 Å². The van der Waals surface area contributed by atoms with Gasteiger partial charge in [-0.05, 0) is 45.7 Å². The second kappa shape index (κ2) is 6.92. The third-order valence-electron chi connectivity index (χ3n) is 4.73. The molecular formula is C19H16ClN3O3S. The molecule has 0 fully saturated rings. The normalized spacial score (nSPS) is 12.7. The predicted molar refractivity (Wildman–Crippen MR) is 105 cm³/mol. The number of aliphatic hydroxyl groups excluding tert-OH is 1. The van der Waals surface area contributed by atoms with Crippen molar-refractivity contribution in [2.24, 2.45) is 7.05 Å². The Balaban J connectivity index is 1.92. The average Bonchev–Trinajstić information content (AvgIpc) is 3.26. The smallest absolute Gasteiger partial charge is 0.304 e. The number of rotatable bonds is 5. The van der Waals surface area contributed by atoms with Gasteiger partial charge in [0.1, 0.15) is 5.52 Å². The molecule has 138 valence electrons. The van der Waals surface area contributed by atoms with Crippen LogP contribution in [-0.2, 0) is 18.4 Å². The Morgan fingerprint density at radius 3 is 2.89 bits per heavy atom. The van der Waals surface area contributed by atoms with Gasteiger partial charge in [-0.15, -0.1) is 16.4 Å². The number of nitrogens with zero attached hydrogens (tertiary/aromatic N) is 3. The third-order valence-corrected chi connectivity index (χ3v) is 6.13. The van der Waals surface area contributed by atoms with E-state index in [0.717, 1.165) is 26.7 Å². The lowest BCUT2D eigenvalue weighted by atomic mass is 9.87. The topological polar surface area (TPSA) is 88.2 Å². The standard InChI is InChI=1S/C19H16ClN3O3S/c1-23-15-3-2-13(17(20)18(15)21-22-23)14(8-16(25)26)11-6-10-4-5-27-19(10)12(7-11)9-24/h2-7,14,24H,8-9H2,1H3,(H,25,26). The first-order chi connectivity index (χ1) is 13.0. The van der Waals surface area contributed by atoms with Crippen molar-refractivity contribution in [3.05, 3.63) is 57.4 Å². The highest BCUT2D eigenvalue weighted by Crippen LogP contribution is 2.39. The van der Waals surface area contributed by atoms with Crippen molar-refractivity contribution in [1.29, 1.82) is 0 Å². The number of fused-ring (bicyclic) bond motifs is 2. The van der Waals surface area contributed by atoms with Crippen LogP contribution in [0.2, 0.25) is 5.02 Å². The first-order valence-electron chi connectivity index (χ1n) is 8.30. The van der Waals surface area contributed by atoms with Crippen LogP contribution in [0.15, 0.2) is 35.7 Å². The number of carboxylic acids is 1. The molecule has 4 rings (SSSR count). The van der Waals surface area contributed by atoms with Gasteiger partial charge in [-0.25, -0.2) is 4.68 Å². The molecule has 2 aromatic carbocycles. The zero-order valence-electron chi connectivity index (χ0n) is 14.4. The number of aromatic nitrogens is 3. The first kappa shape index (κ1) is 17.9. The number of aliphatic hydroxyl groups is 1. The zero-order chi connectivity index (χ0) is 19.1. The molecule has 2 N–H and O–H groups in total. The second-order valence-corrected chi connectivity index (χ2v) is 7.67. The Hall–Kier alpha value is -2.48. The van der Waals surface area contributed by atoms with Crippen molar-refractivity contribution in [2.75, 3.05) is 0 Å². The van der Waals surface area contributed by atoms with E-state index in [2.05, 4.69) is 10.3 Å². The number of hydrogen-bond acceptors (Lipinski definition) is 5. The molecule has 4 aromatic rings. The van der Waals surface area contributed by atoms with Gasteiger partial charge in [0.15, 0.2) is 0 Å². The Bertz CT molecular complexity index is 1170. The van der Waals surface area contributed by atoms with Gasteiger partial charge >= 0.3 is 5.97 Å². The molecular weight excluding hydrogens is 386 g/mol. The van der Waals surface area contributed by atoms with Gasteiger partial charge in [0.2, 0.25) is 0 Å². The summed E-state index contributed by atoms with van der Waals surface area (Å²) in [6.45, 7) is -0.110. The number of thiophene rings is 1. The number of halogens is 1. The van der Waals surface area contributed by atoms with Crippen molar-refractivity contribution < 1.29 is 15.0 Å². The molecule has 2 aromatic heterocycles. The molecule has 0 bridgehead atoms. The summed E-state index contributed by atoms with van der Waals surface area (Å²) in [7, 11) is 1.78. The molecule has 0 saturated carbocycles. The molecule has 0 aliphatic carbocycles. The summed E-state index contributed by atoms with van der Waals surface area (Å²) in [6, 6.07) is 9.48. The lowest BCUT2D eigenvalue weighted by Gasteiger charge is -2.19. The fourth-order valence-electron chi connectivity index (χ4n) is 3.44. The average molecular weight is 402 g/mol. The van der Waals surface area contributed by atoms with Crippen LogP contribution >= 0.6 is 22.9 Å². The fourth-order valence-corrected chi connectivity index (χ4v) is 4.66. The number of carboxylic acid groups (broad SMARTS) is 1. The Kier molecular flexibility index (Phi) is 4.59. The Morgan fingerprint density at radius 1 is 1.33 bits per heavy atom. The molecule has 0 amide bonds. The molecule has 8 heteroatoms. The number of carbonyl (C=O) groups is 1. The Morgan fingerprint density at radius 2 is 2.15 bits per heavy atom. The minimum absolute atomic E-state index is 0.110. The van der Waals surface area contributed by atoms with Gasteiger partial charge in [0.05, 0.1) is 23.6 Å². The van der Waals surface area contributed by atoms with Gasteiger partial charge in [0.25, 0.3) is 0 Å². The highest BCUT2D eigenvalue weighted by molar-refractivity contribution is 7.17. The van der Waals surface area contributed by atoms with E-state index in [1.54, 1.807) is 23.1 Å². The van der Waals surface area contributed by atoms with Crippen LogP contribution in [0.5, 0.6) is 0 Å².